The second-order valence-corrected chi connectivity index (χ2v) is 3.32. The first kappa shape index (κ1) is 10.6. The minimum atomic E-state index is -0.736. The first-order chi connectivity index (χ1) is 6.70. The first-order valence-corrected chi connectivity index (χ1v) is 4.72. The summed E-state index contributed by atoms with van der Waals surface area (Å²) >= 11 is 0. The van der Waals surface area contributed by atoms with Crippen LogP contribution in [-0.2, 0) is 4.79 Å². The van der Waals surface area contributed by atoms with Gasteiger partial charge in [0.05, 0.1) is 5.92 Å². The molecule has 0 bridgehead atoms. The van der Waals surface area contributed by atoms with Crippen LogP contribution in [0.2, 0.25) is 0 Å². The Bertz CT molecular complexity index is 285. The molecule has 0 aliphatic carbocycles. The summed E-state index contributed by atoms with van der Waals surface area (Å²) in [6.07, 6.45) is 0.643. The minimum Gasteiger partial charge on any atom is -0.481 e. The Morgan fingerprint density at radius 2 is 2.07 bits per heavy atom. The third-order valence-corrected chi connectivity index (χ3v) is 2.10. The predicted octanol–water partition coefficient (Wildman–Crippen LogP) is 2.21. The maximum atomic E-state index is 10.5. The molecule has 3 heteroatoms. The Labute approximate surface area is 83.8 Å². The molecule has 1 rings (SSSR count). The standard InChI is InChI=1S/C11H15NO2/c1-9(11(13)14)7-8-12-10-5-3-2-4-6-10/h2-6,9,12H,7-8H2,1H3,(H,13,14). The number of aliphatic carboxylic acids is 1. The lowest BCUT2D eigenvalue weighted by Gasteiger charge is -2.08. The lowest BCUT2D eigenvalue weighted by molar-refractivity contribution is -0.141. The van der Waals surface area contributed by atoms with Gasteiger partial charge in [-0.05, 0) is 18.6 Å². The Morgan fingerprint density at radius 1 is 1.43 bits per heavy atom. The molecule has 1 atom stereocenters. The van der Waals surface area contributed by atoms with Crippen LogP contribution in [0.5, 0.6) is 0 Å². The third-order valence-electron chi connectivity index (χ3n) is 2.10. The van der Waals surface area contributed by atoms with Gasteiger partial charge in [-0.3, -0.25) is 4.79 Å². The molecule has 0 heterocycles. The van der Waals surface area contributed by atoms with Gasteiger partial charge in [0, 0.05) is 12.2 Å². The van der Waals surface area contributed by atoms with E-state index in [1.165, 1.54) is 0 Å². The van der Waals surface area contributed by atoms with Crippen LogP contribution in [0.25, 0.3) is 0 Å². The average molecular weight is 193 g/mol. The molecular weight excluding hydrogens is 178 g/mol. The van der Waals surface area contributed by atoms with Crippen LogP contribution in [0.1, 0.15) is 13.3 Å². The van der Waals surface area contributed by atoms with Gasteiger partial charge < -0.3 is 10.4 Å². The Kier molecular flexibility index (Phi) is 3.98. The van der Waals surface area contributed by atoms with E-state index in [0.717, 1.165) is 5.69 Å². The second kappa shape index (κ2) is 5.27. The number of carboxylic acids is 1. The van der Waals surface area contributed by atoms with E-state index in [-0.39, 0.29) is 5.92 Å². The maximum absolute atomic E-state index is 10.5. The van der Waals surface area contributed by atoms with Crippen molar-refractivity contribution in [2.24, 2.45) is 5.92 Å². The number of carboxylic acid groups (broad SMARTS) is 1. The third kappa shape index (κ3) is 3.47. The van der Waals surface area contributed by atoms with Crippen molar-refractivity contribution in [2.45, 2.75) is 13.3 Å². The van der Waals surface area contributed by atoms with E-state index in [1.807, 2.05) is 30.3 Å². The molecule has 0 aliphatic heterocycles. The Balaban J connectivity index is 2.26. The van der Waals surface area contributed by atoms with Gasteiger partial charge in [-0.2, -0.15) is 0 Å². The molecule has 3 nitrogen and oxygen atoms in total. The normalized spacial score (nSPS) is 12.1. The molecule has 0 aliphatic rings. The fraction of sp³-hybridized carbons (Fsp3) is 0.364. The number of nitrogens with one attached hydrogen (secondary N) is 1. The lowest BCUT2D eigenvalue weighted by atomic mass is 10.1. The number of rotatable bonds is 5. The van der Waals surface area contributed by atoms with Crippen LogP contribution in [-0.4, -0.2) is 17.6 Å². The number of anilines is 1. The summed E-state index contributed by atoms with van der Waals surface area (Å²) in [4.78, 5) is 10.5. The van der Waals surface area contributed by atoms with Crippen LogP contribution in [0.4, 0.5) is 5.69 Å². The smallest absolute Gasteiger partial charge is 0.306 e. The van der Waals surface area contributed by atoms with E-state index in [9.17, 15) is 4.79 Å². The van der Waals surface area contributed by atoms with E-state index in [0.29, 0.717) is 13.0 Å². The Morgan fingerprint density at radius 3 is 2.64 bits per heavy atom. The molecule has 0 amide bonds. The van der Waals surface area contributed by atoms with E-state index in [2.05, 4.69) is 5.32 Å². The molecule has 0 fully saturated rings. The van der Waals surface area contributed by atoms with Crippen LogP contribution in [0, 0.1) is 5.92 Å². The van der Waals surface area contributed by atoms with E-state index in [1.54, 1.807) is 6.92 Å². The van der Waals surface area contributed by atoms with Crippen LogP contribution >= 0.6 is 0 Å². The van der Waals surface area contributed by atoms with Crippen LogP contribution < -0.4 is 5.32 Å². The zero-order valence-electron chi connectivity index (χ0n) is 8.23. The van der Waals surface area contributed by atoms with Crippen molar-refractivity contribution in [2.75, 3.05) is 11.9 Å². The fourth-order valence-electron chi connectivity index (χ4n) is 1.11. The molecule has 1 aromatic carbocycles. The van der Waals surface area contributed by atoms with Crippen molar-refractivity contribution >= 4 is 11.7 Å². The summed E-state index contributed by atoms with van der Waals surface area (Å²) in [5, 5.41) is 11.8. The van der Waals surface area contributed by atoms with Gasteiger partial charge in [-0.15, -0.1) is 0 Å². The molecule has 0 aromatic heterocycles. The minimum absolute atomic E-state index is 0.286. The van der Waals surface area contributed by atoms with Gasteiger partial charge in [-0.1, -0.05) is 25.1 Å². The molecule has 0 saturated carbocycles. The summed E-state index contributed by atoms with van der Waals surface area (Å²) in [5.74, 6) is -1.02. The van der Waals surface area contributed by atoms with Crippen molar-refractivity contribution in [3.05, 3.63) is 30.3 Å². The number of benzene rings is 1. The largest absolute Gasteiger partial charge is 0.481 e. The fourth-order valence-corrected chi connectivity index (χ4v) is 1.11. The van der Waals surface area contributed by atoms with Gasteiger partial charge in [0.15, 0.2) is 0 Å². The number of carbonyl (C=O) groups is 1. The number of para-hydroxylation sites is 1. The van der Waals surface area contributed by atoms with E-state index >= 15 is 0 Å². The van der Waals surface area contributed by atoms with Crippen molar-refractivity contribution in [1.29, 1.82) is 0 Å². The summed E-state index contributed by atoms with van der Waals surface area (Å²) in [7, 11) is 0. The summed E-state index contributed by atoms with van der Waals surface area (Å²) in [6, 6.07) is 9.77. The summed E-state index contributed by atoms with van der Waals surface area (Å²) < 4.78 is 0. The van der Waals surface area contributed by atoms with Crippen LogP contribution in [0.15, 0.2) is 30.3 Å². The SMILES string of the molecule is CC(CCNc1ccccc1)C(=O)O. The predicted molar refractivity (Wildman–Crippen MR) is 56.3 cm³/mol. The zero-order valence-corrected chi connectivity index (χ0v) is 8.23. The molecule has 1 aromatic rings. The number of hydrogen-bond donors (Lipinski definition) is 2. The summed E-state index contributed by atoms with van der Waals surface area (Å²) in [5.41, 5.74) is 1.03. The number of hydrogen-bond acceptors (Lipinski definition) is 2. The maximum Gasteiger partial charge on any atom is 0.306 e. The van der Waals surface area contributed by atoms with Crippen molar-refractivity contribution < 1.29 is 9.90 Å². The molecule has 76 valence electrons. The van der Waals surface area contributed by atoms with E-state index in [4.69, 9.17) is 5.11 Å². The van der Waals surface area contributed by atoms with Gasteiger partial charge in [-0.25, -0.2) is 0 Å². The van der Waals surface area contributed by atoms with Crippen molar-refractivity contribution in [3.63, 3.8) is 0 Å². The Hall–Kier alpha value is -1.51. The van der Waals surface area contributed by atoms with Crippen molar-refractivity contribution in [1.82, 2.24) is 0 Å². The second-order valence-electron chi connectivity index (χ2n) is 3.32. The highest BCUT2D eigenvalue weighted by atomic mass is 16.4. The molecule has 0 saturated heterocycles. The topological polar surface area (TPSA) is 49.3 Å². The summed E-state index contributed by atoms with van der Waals surface area (Å²) in [6.45, 7) is 2.41. The van der Waals surface area contributed by atoms with Gasteiger partial charge in [0.2, 0.25) is 0 Å². The molecule has 0 spiro atoms. The average Bonchev–Trinajstić information content (AvgIpc) is 2.19. The molecule has 14 heavy (non-hydrogen) atoms. The van der Waals surface area contributed by atoms with Gasteiger partial charge >= 0.3 is 5.97 Å². The van der Waals surface area contributed by atoms with Crippen molar-refractivity contribution in [3.8, 4) is 0 Å². The van der Waals surface area contributed by atoms with E-state index < -0.39 is 5.97 Å². The van der Waals surface area contributed by atoms with Gasteiger partial charge in [0.1, 0.15) is 0 Å². The highest BCUT2D eigenvalue weighted by Gasteiger charge is 2.09. The monoisotopic (exact) mass is 193 g/mol. The quantitative estimate of drug-likeness (QED) is 0.753. The zero-order chi connectivity index (χ0) is 10.4. The lowest BCUT2D eigenvalue weighted by Crippen LogP contribution is -2.14. The van der Waals surface area contributed by atoms with Crippen LogP contribution in [0.3, 0.4) is 0 Å². The molecule has 2 N–H and O–H groups in total. The molecule has 1 unspecified atom stereocenters. The molecular formula is C11H15NO2. The highest BCUT2D eigenvalue weighted by Crippen LogP contribution is 2.07. The van der Waals surface area contributed by atoms with Gasteiger partial charge in [0.25, 0.3) is 0 Å². The molecule has 0 radical (unpaired) electrons. The first-order valence-electron chi connectivity index (χ1n) is 4.72. The highest BCUT2D eigenvalue weighted by molar-refractivity contribution is 5.69.